The van der Waals surface area contributed by atoms with E-state index in [0.717, 1.165) is 0 Å². The molecule has 0 aliphatic carbocycles. The number of ether oxygens (including phenoxy) is 1. The van der Waals surface area contributed by atoms with Crippen molar-refractivity contribution in [3.63, 3.8) is 0 Å². The number of H-pyrrole nitrogens is 1. The Hall–Kier alpha value is -2.57. The van der Waals surface area contributed by atoms with Crippen LogP contribution in [-0.4, -0.2) is 39.8 Å². The van der Waals surface area contributed by atoms with E-state index in [1.807, 2.05) is 0 Å². The van der Waals surface area contributed by atoms with Crippen molar-refractivity contribution in [1.29, 1.82) is 0 Å². The van der Waals surface area contributed by atoms with Gasteiger partial charge in [-0.1, -0.05) is 0 Å². The highest BCUT2D eigenvalue weighted by molar-refractivity contribution is 5.97. The molecule has 0 spiro atoms. The van der Waals surface area contributed by atoms with Gasteiger partial charge in [-0.3, -0.25) is 9.89 Å². The first-order valence-corrected chi connectivity index (χ1v) is 5.70. The highest BCUT2D eigenvalue weighted by Crippen LogP contribution is 2.22. The number of aromatic amines is 1. The van der Waals surface area contributed by atoms with E-state index < -0.39 is 0 Å². The molecule has 3 N–H and O–H groups in total. The number of phenolic OH excluding ortho intramolecular Hbond substituents is 1. The molecule has 7 nitrogen and oxygen atoms in total. The number of methoxy groups -OCH3 is 1. The maximum Gasteiger partial charge on any atom is 0.255 e. The van der Waals surface area contributed by atoms with E-state index in [2.05, 4.69) is 20.5 Å². The zero-order chi connectivity index (χ0) is 13.7. The number of rotatable bonds is 5. The molecule has 1 aromatic heterocycles. The van der Waals surface area contributed by atoms with Gasteiger partial charge in [-0.05, 0) is 18.2 Å². The highest BCUT2D eigenvalue weighted by Gasteiger charge is 2.12. The van der Waals surface area contributed by atoms with Gasteiger partial charge in [0.2, 0.25) is 0 Å². The quantitative estimate of drug-likeness (QED) is 0.728. The van der Waals surface area contributed by atoms with E-state index in [0.29, 0.717) is 24.5 Å². The molecular formula is C12H14N4O3. The minimum absolute atomic E-state index is 0.0852. The van der Waals surface area contributed by atoms with Crippen molar-refractivity contribution in [3.8, 4) is 11.5 Å². The van der Waals surface area contributed by atoms with Crippen LogP contribution in [0.3, 0.4) is 0 Å². The van der Waals surface area contributed by atoms with Crippen LogP contribution in [0.2, 0.25) is 0 Å². The van der Waals surface area contributed by atoms with Gasteiger partial charge in [0.25, 0.3) is 5.91 Å². The Morgan fingerprint density at radius 2 is 2.37 bits per heavy atom. The Morgan fingerprint density at radius 3 is 3.05 bits per heavy atom. The van der Waals surface area contributed by atoms with Crippen molar-refractivity contribution in [3.05, 3.63) is 35.9 Å². The van der Waals surface area contributed by atoms with Gasteiger partial charge in [-0.15, -0.1) is 0 Å². The number of hydrogen-bond donors (Lipinski definition) is 3. The third-order valence-corrected chi connectivity index (χ3v) is 2.56. The summed E-state index contributed by atoms with van der Waals surface area (Å²) in [5, 5.41) is 18.7. The fraction of sp³-hybridized carbons (Fsp3) is 0.250. The third-order valence-electron chi connectivity index (χ3n) is 2.56. The second-order valence-corrected chi connectivity index (χ2v) is 3.82. The Kier molecular flexibility index (Phi) is 3.97. The lowest BCUT2D eigenvalue weighted by molar-refractivity contribution is 0.0951. The molecule has 2 aromatic rings. The summed E-state index contributed by atoms with van der Waals surface area (Å²) in [6.07, 6.45) is 1.95. The predicted molar refractivity (Wildman–Crippen MR) is 67.1 cm³/mol. The van der Waals surface area contributed by atoms with Crippen molar-refractivity contribution in [2.45, 2.75) is 6.42 Å². The molecular weight excluding hydrogens is 248 g/mol. The van der Waals surface area contributed by atoms with E-state index >= 15 is 0 Å². The first-order chi connectivity index (χ1) is 9.20. The topological polar surface area (TPSA) is 100 Å². The summed E-state index contributed by atoms with van der Waals surface area (Å²) in [6.45, 7) is 0.394. The summed E-state index contributed by atoms with van der Waals surface area (Å²) in [6, 6.07) is 4.49. The molecule has 1 amide bonds. The number of amides is 1. The normalized spacial score (nSPS) is 10.2. The van der Waals surface area contributed by atoms with Crippen LogP contribution >= 0.6 is 0 Å². The van der Waals surface area contributed by atoms with Gasteiger partial charge in [0.15, 0.2) is 0 Å². The van der Waals surface area contributed by atoms with E-state index in [4.69, 9.17) is 4.74 Å². The van der Waals surface area contributed by atoms with E-state index in [1.54, 1.807) is 6.07 Å². The minimum atomic E-state index is -0.365. The molecule has 0 fully saturated rings. The third kappa shape index (κ3) is 3.21. The van der Waals surface area contributed by atoms with Crippen LogP contribution in [-0.2, 0) is 6.42 Å². The van der Waals surface area contributed by atoms with Crippen molar-refractivity contribution in [1.82, 2.24) is 20.5 Å². The molecule has 1 aromatic carbocycles. The fourth-order valence-corrected chi connectivity index (χ4v) is 1.56. The standard InChI is InChI=1S/C12H14N4O3/c1-19-8-2-3-10(17)9(6-8)12(18)13-5-4-11-14-7-15-16-11/h2-3,6-7,17H,4-5H2,1H3,(H,13,18)(H,14,15,16). The number of aromatic hydroxyl groups is 1. The molecule has 0 unspecified atom stereocenters. The minimum Gasteiger partial charge on any atom is -0.507 e. The van der Waals surface area contributed by atoms with E-state index in [1.165, 1.54) is 25.6 Å². The molecule has 0 saturated heterocycles. The highest BCUT2D eigenvalue weighted by atomic mass is 16.5. The first-order valence-electron chi connectivity index (χ1n) is 5.70. The van der Waals surface area contributed by atoms with Gasteiger partial charge >= 0.3 is 0 Å². The number of phenols is 1. The summed E-state index contributed by atoms with van der Waals surface area (Å²) in [5.41, 5.74) is 0.178. The van der Waals surface area contributed by atoms with Crippen LogP contribution in [0.15, 0.2) is 24.5 Å². The lowest BCUT2D eigenvalue weighted by atomic mass is 10.1. The number of nitrogens with zero attached hydrogens (tertiary/aromatic N) is 2. The summed E-state index contributed by atoms with van der Waals surface area (Å²) in [5.74, 6) is 0.752. The second kappa shape index (κ2) is 5.85. The number of carbonyl (C=O) groups excluding carboxylic acids is 1. The van der Waals surface area contributed by atoms with Gasteiger partial charge in [-0.2, -0.15) is 5.10 Å². The van der Waals surface area contributed by atoms with Crippen molar-refractivity contribution in [2.75, 3.05) is 13.7 Å². The largest absolute Gasteiger partial charge is 0.507 e. The van der Waals surface area contributed by atoms with Crippen molar-refractivity contribution in [2.24, 2.45) is 0 Å². The summed E-state index contributed by atoms with van der Waals surface area (Å²) < 4.78 is 5.01. The van der Waals surface area contributed by atoms with Crippen molar-refractivity contribution >= 4 is 5.91 Å². The van der Waals surface area contributed by atoms with Gasteiger partial charge in [0.1, 0.15) is 23.7 Å². The second-order valence-electron chi connectivity index (χ2n) is 3.82. The average Bonchev–Trinajstić information content (AvgIpc) is 2.92. The van der Waals surface area contributed by atoms with E-state index in [9.17, 15) is 9.90 Å². The fourth-order valence-electron chi connectivity index (χ4n) is 1.56. The molecule has 100 valence electrons. The SMILES string of the molecule is COc1ccc(O)c(C(=O)NCCc2ncn[nH]2)c1. The molecule has 0 bridgehead atoms. The summed E-state index contributed by atoms with van der Waals surface area (Å²) in [7, 11) is 1.50. The van der Waals surface area contributed by atoms with Crippen LogP contribution < -0.4 is 10.1 Å². The Morgan fingerprint density at radius 1 is 1.53 bits per heavy atom. The van der Waals surface area contributed by atoms with Gasteiger partial charge in [0.05, 0.1) is 12.7 Å². The smallest absolute Gasteiger partial charge is 0.255 e. The Labute approximate surface area is 109 Å². The van der Waals surface area contributed by atoms with Crippen LogP contribution in [0.5, 0.6) is 11.5 Å². The first kappa shape index (κ1) is 12.9. The molecule has 0 radical (unpaired) electrons. The number of nitrogens with one attached hydrogen (secondary N) is 2. The Bertz CT molecular complexity index is 554. The van der Waals surface area contributed by atoms with Gasteiger partial charge < -0.3 is 15.2 Å². The lowest BCUT2D eigenvalue weighted by Crippen LogP contribution is -2.26. The zero-order valence-corrected chi connectivity index (χ0v) is 10.4. The summed E-state index contributed by atoms with van der Waals surface area (Å²) >= 11 is 0. The van der Waals surface area contributed by atoms with Crippen LogP contribution in [0.25, 0.3) is 0 Å². The number of benzene rings is 1. The maximum absolute atomic E-state index is 11.9. The van der Waals surface area contributed by atoms with Crippen LogP contribution in [0.1, 0.15) is 16.2 Å². The van der Waals surface area contributed by atoms with Crippen LogP contribution in [0.4, 0.5) is 0 Å². The molecule has 7 heteroatoms. The number of carbonyl (C=O) groups is 1. The number of hydrogen-bond acceptors (Lipinski definition) is 5. The molecule has 0 atom stereocenters. The molecule has 1 heterocycles. The van der Waals surface area contributed by atoms with Gasteiger partial charge in [-0.25, -0.2) is 4.98 Å². The molecule has 0 aliphatic rings. The van der Waals surface area contributed by atoms with Crippen molar-refractivity contribution < 1.29 is 14.6 Å². The van der Waals surface area contributed by atoms with E-state index in [-0.39, 0.29) is 17.2 Å². The monoisotopic (exact) mass is 262 g/mol. The molecule has 0 aliphatic heterocycles. The average molecular weight is 262 g/mol. The molecule has 0 saturated carbocycles. The molecule has 19 heavy (non-hydrogen) atoms. The predicted octanol–water partition coefficient (Wildman–Crippen LogP) is 0.491. The maximum atomic E-state index is 11.9. The van der Waals surface area contributed by atoms with Gasteiger partial charge in [0, 0.05) is 13.0 Å². The zero-order valence-electron chi connectivity index (χ0n) is 10.4. The lowest BCUT2D eigenvalue weighted by Gasteiger charge is -2.07. The van der Waals surface area contributed by atoms with Crippen LogP contribution in [0, 0.1) is 0 Å². The number of aromatic nitrogens is 3. The summed E-state index contributed by atoms with van der Waals surface area (Å²) in [4.78, 5) is 15.8. The Balaban J connectivity index is 1.95. The molecule has 2 rings (SSSR count).